The number of carbonyl (C=O) groups is 1. The Bertz CT molecular complexity index is 722. The lowest BCUT2D eigenvalue weighted by Crippen LogP contribution is -2.43. The van der Waals surface area contributed by atoms with E-state index in [0.29, 0.717) is 35.3 Å². The fourth-order valence-corrected chi connectivity index (χ4v) is 3.99. The number of aromatic nitrogens is 2. The molecule has 1 amide bonds. The molecule has 0 bridgehead atoms. The van der Waals surface area contributed by atoms with E-state index >= 15 is 0 Å². The van der Waals surface area contributed by atoms with Crippen LogP contribution in [0, 0.1) is 11.8 Å². The molecule has 7 heteroatoms. The molecule has 1 aromatic heterocycles. The van der Waals surface area contributed by atoms with E-state index in [1.807, 2.05) is 36.1 Å². The van der Waals surface area contributed by atoms with Crippen LogP contribution >= 0.6 is 11.8 Å². The van der Waals surface area contributed by atoms with Gasteiger partial charge in [0, 0.05) is 18.7 Å². The lowest BCUT2D eigenvalue weighted by Gasteiger charge is -2.34. The van der Waals surface area contributed by atoms with E-state index < -0.39 is 0 Å². The zero-order valence-electron chi connectivity index (χ0n) is 15.5. The molecule has 2 aromatic rings. The monoisotopic (exact) mass is 375 g/mol. The Labute approximate surface area is 158 Å². The normalized spacial score (nSPS) is 20.2. The van der Waals surface area contributed by atoms with Crippen molar-refractivity contribution in [3.05, 3.63) is 24.3 Å². The van der Waals surface area contributed by atoms with Crippen LogP contribution < -0.4 is 4.74 Å². The molecule has 3 rings (SSSR count). The largest absolute Gasteiger partial charge is 0.494 e. The van der Waals surface area contributed by atoms with Crippen molar-refractivity contribution < 1.29 is 13.9 Å². The smallest absolute Gasteiger partial charge is 0.277 e. The molecule has 1 aliphatic rings. The summed E-state index contributed by atoms with van der Waals surface area (Å²) in [6.07, 6.45) is 1.19. The van der Waals surface area contributed by atoms with Gasteiger partial charge in [-0.25, -0.2) is 0 Å². The molecule has 0 radical (unpaired) electrons. The molecule has 0 aliphatic carbocycles. The Morgan fingerprint density at radius 2 is 1.92 bits per heavy atom. The Morgan fingerprint density at radius 1 is 1.23 bits per heavy atom. The fraction of sp³-hybridized carbons (Fsp3) is 0.526. The van der Waals surface area contributed by atoms with Gasteiger partial charge in [0.05, 0.1) is 12.4 Å². The third-order valence-electron chi connectivity index (χ3n) is 4.36. The molecular weight excluding hydrogens is 350 g/mol. The predicted octanol–water partition coefficient (Wildman–Crippen LogP) is 3.73. The van der Waals surface area contributed by atoms with Crippen molar-refractivity contribution in [1.82, 2.24) is 15.1 Å². The van der Waals surface area contributed by atoms with Gasteiger partial charge in [-0.1, -0.05) is 25.6 Å². The summed E-state index contributed by atoms with van der Waals surface area (Å²) < 4.78 is 11.1. The number of hydrogen-bond donors (Lipinski definition) is 0. The molecule has 140 valence electrons. The predicted molar refractivity (Wildman–Crippen MR) is 101 cm³/mol. The van der Waals surface area contributed by atoms with Crippen molar-refractivity contribution in [2.75, 3.05) is 25.4 Å². The topological polar surface area (TPSA) is 68.5 Å². The molecular formula is C19H25N3O3S. The quantitative estimate of drug-likeness (QED) is 0.717. The summed E-state index contributed by atoms with van der Waals surface area (Å²) in [7, 11) is 0. The zero-order valence-corrected chi connectivity index (χ0v) is 16.3. The van der Waals surface area contributed by atoms with E-state index in [9.17, 15) is 4.79 Å². The Hall–Kier alpha value is -2.02. The summed E-state index contributed by atoms with van der Waals surface area (Å²) in [4.78, 5) is 14.4. The van der Waals surface area contributed by atoms with Crippen LogP contribution in [0.5, 0.6) is 5.75 Å². The van der Waals surface area contributed by atoms with Gasteiger partial charge < -0.3 is 14.1 Å². The molecule has 2 heterocycles. The van der Waals surface area contributed by atoms with Crippen molar-refractivity contribution in [2.45, 2.75) is 32.4 Å². The van der Waals surface area contributed by atoms with Crippen LogP contribution in [0.2, 0.25) is 0 Å². The molecule has 26 heavy (non-hydrogen) atoms. The van der Waals surface area contributed by atoms with Crippen molar-refractivity contribution >= 4 is 17.7 Å². The summed E-state index contributed by atoms with van der Waals surface area (Å²) in [5.74, 6) is 2.83. The summed E-state index contributed by atoms with van der Waals surface area (Å²) in [6, 6.07) is 7.51. The van der Waals surface area contributed by atoms with Crippen LogP contribution in [-0.4, -0.2) is 46.5 Å². The Kier molecular flexibility index (Phi) is 6.19. The summed E-state index contributed by atoms with van der Waals surface area (Å²) >= 11 is 1.30. The maximum absolute atomic E-state index is 12.4. The van der Waals surface area contributed by atoms with Crippen LogP contribution in [0.3, 0.4) is 0 Å². The maximum Gasteiger partial charge on any atom is 0.277 e. The van der Waals surface area contributed by atoms with Gasteiger partial charge in [0.2, 0.25) is 11.8 Å². The highest BCUT2D eigenvalue weighted by Gasteiger charge is 2.25. The number of benzene rings is 1. The summed E-state index contributed by atoms with van der Waals surface area (Å²) in [5, 5.41) is 8.53. The molecule has 1 saturated heterocycles. The van der Waals surface area contributed by atoms with Crippen LogP contribution in [0.4, 0.5) is 0 Å². The standard InChI is InChI=1S/C19H25N3O3S/c1-4-24-16-7-5-15(6-8-16)18-20-21-19(25-18)26-12-17(23)22-10-13(2)9-14(3)11-22/h5-8,13-14H,4,9-12H2,1-3H3. The second-order valence-corrected chi connectivity index (χ2v) is 7.79. The number of rotatable bonds is 6. The number of piperidine rings is 1. The minimum atomic E-state index is 0.134. The second-order valence-electron chi connectivity index (χ2n) is 6.86. The van der Waals surface area contributed by atoms with Crippen LogP contribution in [0.25, 0.3) is 11.5 Å². The lowest BCUT2D eigenvalue weighted by atomic mass is 9.92. The number of ether oxygens (including phenoxy) is 1. The Balaban J connectivity index is 1.55. The van der Waals surface area contributed by atoms with E-state index in [-0.39, 0.29) is 5.91 Å². The van der Waals surface area contributed by atoms with Crippen molar-refractivity contribution in [3.63, 3.8) is 0 Å². The van der Waals surface area contributed by atoms with Gasteiger partial charge in [-0.2, -0.15) is 0 Å². The molecule has 1 aromatic carbocycles. The SMILES string of the molecule is CCOc1ccc(-c2nnc(SCC(=O)N3CC(C)CC(C)C3)o2)cc1. The minimum Gasteiger partial charge on any atom is -0.494 e. The molecule has 0 spiro atoms. The molecule has 2 unspecified atom stereocenters. The van der Waals surface area contributed by atoms with Crippen molar-refractivity contribution in [1.29, 1.82) is 0 Å². The number of amides is 1. The van der Waals surface area contributed by atoms with E-state index in [2.05, 4.69) is 24.0 Å². The maximum atomic E-state index is 12.4. The van der Waals surface area contributed by atoms with Crippen LogP contribution in [0.1, 0.15) is 27.2 Å². The molecule has 0 saturated carbocycles. The molecule has 1 fully saturated rings. The molecule has 2 atom stereocenters. The van der Waals surface area contributed by atoms with Crippen LogP contribution in [0.15, 0.2) is 33.9 Å². The van der Waals surface area contributed by atoms with E-state index in [0.717, 1.165) is 24.4 Å². The van der Waals surface area contributed by atoms with Crippen molar-refractivity contribution in [2.24, 2.45) is 11.8 Å². The van der Waals surface area contributed by atoms with Gasteiger partial charge in [0.15, 0.2) is 0 Å². The third kappa shape index (κ3) is 4.78. The first-order valence-corrected chi connectivity index (χ1v) is 10.0. The van der Waals surface area contributed by atoms with E-state index in [1.165, 1.54) is 18.2 Å². The number of thioether (sulfide) groups is 1. The number of hydrogen-bond acceptors (Lipinski definition) is 6. The van der Waals surface area contributed by atoms with E-state index in [4.69, 9.17) is 9.15 Å². The first-order valence-electron chi connectivity index (χ1n) is 9.02. The third-order valence-corrected chi connectivity index (χ3v) is 5.16. The highest BCUT2D eigenvalue weighted by molar-refractivity contribution is 7.99. The molecule has 1 aliphatic heterocycles. The molecule has 0 N–H and O–H groups in total. The second kappa shape index (κ2) is 8.58. The van der Waals surface area contributed by atoms with Gasteiger partial charge in [-0.05, 0) is 49.4 Å². The van der Waals surface area contributed by atoms with Crippen molar-refractivity contribution in [3.8, 4) is 17.2 Å². The fourth-order valence-electron chi connectivity index (χ4n) is 3.33. The minimum absolute atomic E-state index is 0.134. The number of likely N-dealkylation sites (tertiary alicyclic amines) is 1. The molecule has 6 nitrogen and oxygen atoms in total. The highest BCUT2D eigenvalue weighted by atomic mass is 32.2. The lowest BCUT2D eigenvalue weighted by molar-refractivity contribution is -0.130. The van der Waals surface area contributed by atoms with Crippen LogP contribution in [-0.2, 0) is 4.79 Å². The summed E-state index contributed by atoms with van der Waals surface area (Å²) in [6.45, 7) is 8.65. The van der Waals surface area contributed by atoms with Gasteiger partial charge in [0.25, 0.3) is 5.22 Å². The van der Waals surface area contributed by atoms with Gasteiger partial charge in [0.1, 0.15) is 5.75 Å². The van der Waals surface area contributed by atoms with E-state index in [1.54, 1.807) is 0 Å². The zero-order chi connectivity index (χ0) is 18.5. The summed E-state index contributed by atoms with van der Waals surface area (Å²) in [5.41, 5.74) is 0.831. The van der Waals surface area contributed by atoms with Gasteiger partial charge in [-0.3, -0.25) is 4.79 Å². The van der Waals surface area contributed by atoms with Gasteiger partial charge >= 0.3 is 0 Å². The average Bonchev–Trinajstić information content (AvgIpc) is 3.09. The van der Waals surface area contributed by atoms with Gasteiger partial charge in [-0.15, -0.1) is 10.2 Å². The highest BCUT2D eigenvalue weighted by Crippen LogP contribution is 2.26. The average molecular weight is 375 g/mol. The first-order chi connectivity index (χ1) is 12.5. The first kappa shape index (κ1) is 18.8. The number of nitrogens with zero attached hydrogens (tertiary/aromatic N) is 3. The Morgan fingerprint density at radius 3 is 2.58 bits per heavy atom. The number of carbonyl (C=O) groups excluding carboxylic acids is 1.